The number of hydrogen-bond acceptors (Lipinski definition) is 2. The molecule has 1 aromatic rings. The van der Waals surface area contributed by atoms with Crippen LogP contribution in [0.25, 0.3) is 0 Å². The minimum Gasteiger partial charge on any atom is -0.316 e. The second-order valence-corrected chi connectivity index (χ2v) is 6.18. The number of rotatable bonds is 1. The molecule has 0 aromatic heterocycles. The maximum atomic E-state index is 14.6. The van der Waals surface area contributed by atoms with Gasteiger partial charge in [0.1, 0.15) is 5.67 Å². The zero-order chi connectivity index (χ0) is 13.5. The Hall–Kier alpha value is -1.00. The highest BCUT2D eigenvalue weighted by Crippen LogP contribution is 2.33. The molecule has 0 spiro atoms. The van der Waals surface area contributed by atoms with Gasteiger partial charge in [-0.1, -0.05) is 15.9 Å². The highest BCUT2D eigenvalue weighted by atomic mass is 79.9. The standard InChI is InChI=1S/C15H15BrFNO/c16-12-1-2-13-10(8-12)7-11(14(13)19)9-15(17)3-5-18-6-4-15/h1-2,8-9,18H,3-7H2/b11-9+. The number of halogens is 2. The number of nitrogens with one attached hydrogen (secondary N) is 1. The molecule has 19 heavy (non-hydrogen) atoms. The number of allylic oxidation sites excluding steroid dienone is 2. The molecule has 1 aliphatic heterocycles. The first-order chi connectivity index (χ1) is 9.07. The maximum absolute atomic E-state index is 14.6. The highest BCUT2D eigenvalue weighted by molar-refractivity contribution is 9.10. The quantitative estimate of drug-likeness (QED) is 0.804. The van der Waals surface area contributed by atoms with E-state index in [0.717, 1.165) is 10.0 Å². The van der Waals surface area contributed by atoms with Gasteiger partial charge in [-0.25, -0.2) is 4.39 Å². The van der Waals surface area contributed by atoms with E-state index >= 15 is 0 Å². The summed E-state index contributed by atoms with van der Waals surface area (Å²) in [6.45, 7) is 1.35. The number of piperidine rings is 1. The van der Waals surface area contributed by atoms with Crippen LogP contribution in [0.1, 0.15) is 28.8 Å². The third-order valence-corrected chi connectivity index (χ3v) is 4.35. The van der Waals surface area contributed by atoms with Crippen LogP contribution < -0.4 is 5.32 Å². The molecule has 0 bridgehead atoms. The fraction of sp³-hybridized carbons (Fsp3) is 0.400. The molecule has 1 saturated heterocycles. The van der Waals surface area contributed by atoms with Gasteiger partial charge in [-0.2, -0.15) is 0 Å². The van der Waals surface area contributed by atoms with Crippen LogP contribution in [-0.4, -0.2) is 24.5 Å². The van der Waals surface area contributed by atoms with Crippen LogP contribution in [-0.2, 0) is 6.42 Å². The van der Waals surface area contributed by atoms with Crippen LogP contribution in [0.2, 0.25) is 0 Å². The van der Waals surface area contributed by atoms with Crippen molar-refractivity contribution in [2.24, 2.45) is 0 Å². The summed E-state index contributed by atoms with van der Waals surface area (Å²) in [7, 11) is 0. The van der Waals surface area contributed by atoms with Gasteiger partial charge >= 0.3 is 0 Å². The van der Waals surface area contributed by atoms with Crippen LogP contribution in [0.15, 0.2) is 34.3 Å². The minimum absolute atomic E-state index is 0.0157. The van der Waals surface area contributed by atoms with Crippen molar-refractivity contribution in [2.75, 3.05) is 13.1 Å². The van der Waals surface area contributed by atoms with Crippen molar-refractivity contribution in [3.63, 3.8) is 0 Å². The lowest BCUT2D eigenvalue weighted by Crippen LogP contribution is -2.37. The van der Waals surface area contributed by atoms with Gasteiger partial charge in [0.25, 0.3) is 0 Å². The van der Waals surface area contributed by atoms with Crippen molar-refractivity contribution in [2.45, 2.75) is 24.9 Å². The Balaban J connectivity index is 1.90. The van der Waals surface area contributed by atoms with Crippen molar-refractivity contribution < 1.29 is 9.18 Å². The smallest absolute Gasteiger partial charge is 0.189 e. The Morgan fingerprint density at radius 2 is 2.05 bits per heavy atom. The predicted molar refractivity (Wildman–Crippen MR) is 76.2 cm³/mol. The summed E-state index contributed by atoms with van der Waals surface area (Å²) in [5.41, 5.74) is 0.989. The number of ketones is 1. The number of carbonyl (C=O) groups is 1. The molecule has 1 fully saturated rings. The van der Waals surface area contributed by atoms with Crippen molar-refractivity contribution in [1.29, 1.82) is 0 Å². The lowest BCUT2D eigenvalue weighted by atomic mass is 9.91. The van der Waals surface area contributed by atoms with Crippen LogP contribution in [0.5, 0.6) is 0 Å². The van der Waals surface area contributed by atoms with Crippen LogP contribution in [0, 0.1) is 0 Å². The monoisotopic (exact) mass is 323 g/mol. The van der Waals surface area contributed by atoms with Gasteiger partial charge in [0, 0.05) is 22.0 Å². The molecule has 1 N–H and O–H groups in total. The van der Waals surface area contributed by atoms with Crippen molar-refractivity contribution in [1.82, 2.24) is 5.32 Å². The highest BCUT2D eigenvalue weighted by Gasteiger charge is 2.33. The maximum Gasteiger partial charge on any atom is 0.189 e. The number of fused-ring (bicyclic) bond motifs is 1. The van der Waals surface area contributed by atoms with Gasteiger partial charge in [-0.15, -0.1) is 0 Å². The van der Waals surface area contributed by atoms with E-state index in [4.69, 9.17) is 0 Å². The molecule has 0 atom stereocenters. The van der Waals surface area contributed by atoms with E-state index in [1.807, 2.05) is 18.2 Å². The Morgan fingerprint density at radius 3 is 2.79 bits per heavy atom. The molecule has 1 heterocycles. The largest absolute Gasteiger partial charge is 0.316 e. The van der Waals surface area contributed by atoms with E-state index in [0.29, 0.717) is 43.5 Å². The summed E-state index contributed by atoms with van der Waals surface area (Å²) in [4.78, 5) is 12.3. The van der Waals surface area contributed by atoms with Crippen molar-refractivity contribution in [3.8, 4) is 0 Å². The summed E-state index contributed by atoms with van der Waals surface area (Å²) < 4.78 is 15.6. The average Bonchev–Trinajstić information content (AvgIpc) is 2.66. The van der Waals surface area contributed by atoms with Gasteiger partial charge in [-0.3, -0.25) is 4.79 Å². The number of hydrogen-bond donors (Lipinski definition) is 1. The third-order valence-electron chi connectivity index (χ3n) is 3.85. The molecule has 3 rings (SSSR count). The fourth-order valence-electron chi connectivity index (χ4n) is 2.80. The van der Waals surface area contributed by atoms with E-state index in [1.165, 1.54) is 0 Å². The van der Waals surface area contributed by atoms with E-state index in [9.17, 15) is 9.18 Å². The fourth-order valence-corrected chi connectivity index (χ4v) is 3.21. The molecule has 100 valence electrons. The predicted octanol–water partition coefficient (Wildman–Crippen LogP) is 3.21. The summed E-state index contributed by atoms with van der Waals surface area (Å²) in [5, 5.41) is 3.14. The first kappa shape index (κ1) is 13.0. The molecule has 0 saturated carbocycles. The van der Waals surface area contributed by atoms with Gasteiger partial charge in [0.2, 0.25) is 0 Å². The molecule has 4 heteroatoms. The number of Topliss-reactive ketones (excluding diaryl/α,β-unsaturated/α-hetero) is 1. The lowest BCUT2D eigenvalue weighted by Gasteiger charge is -2.27. The van der Waals surface area contributed by atoms with Gasteiger partial charge in [0.15, 0.2) is 5.78 Å². The van der Waals surface area contributed by atoms with E-state index < -0.39 is 5.67 Å². The molecular weight excluding hydrogens is 309 g/mol. The minimum atomic E-state index is -1.32. The van der Waals surface area contributed by atoms with Gasteiger partial charge in [-0.05, 0) is 55.8 Å². The van der Waals surface area contributed by atoms with Crippen molar-refractivity contribution >= 4 is 21.7 Å². The molecular formula is C15H15BrFNO. The van der Waals surface area contributed by atoms with Crippen molar-refractivity contribution in [3.05, 3.63) is 45.4 Å². The van der Waals surface area contributed by atoms with E-state index in [-0.39, 0.29) is 5.78 Å². The van der Waals surface area contributed by atoms with Gasteiger partial charge in [0.05, 0.1) is 0 Å². The topological polar surface area (TPSA) is 29.1 Å². The molecule has 0 amide bonds. The zero-order valence-corrected chi connectivity index (χ0v) is 12.1. The Labute approximate surface area is 120 Å². The zero-order valence-electron chi connectivity index (χ0n) is 10.5. The Kier molecular flexibility index (Phi) is 3.31. The summed E-state index contributed by atoms with van der Waals surface area (Å²) in [5.74, 6) is -0.0157. The van der Waals surface area contributed by atoms with E-state index in [1.54, 1.807) is 6.08 Å². The number of carbonyl (C=O) groups excluding carboxylic acids is 1. The van der Waals surface area contributed by atoms with Crippen LogP contribution in [0.3, 0.4) is 0 Å². The summed E-state index contributed by atoms with van der Waals surface area (Å²) in [6.07, 6.45) is 3.02. The normalized spacial score (nSPS) is 23.7. The van der Waals surface area contributed by atoms with E-state index in [2.05, 4.69) is 21.2 Å². The molecule has 1 aliphatic carbocycles. The second kappa shape index (κ2) is 4.84. The Morgan fingerprint density at radius 1 is 1.32 bits per heavy atom. The molecule has 1 aromatic carbocycles. The molecule has 0 unspecified atom stereocenters. The first-order valence-corrected chi connectivity index (χ1v) is 7.31. The number of alkyl halides is 1. The second-order valence-electron chi connectivity index (χ2n) is 5.26. The third kappa shape index (κ3) is 2.51. The number of benzene rings is 1. The van der Waals surface area contributed by atoms with Crippen LogP contribution >= 0.6 is 15.9 Å². The molecule has 0 radical (unpaired) electrons. The van der Waals surface area contributed by atoms with Gasteiger partial charge < -0.3 is 5.32 Å². The Bertz CT molecular complexity index is 561. The molecule has 2 nitrogen and oxygen atoms in total. The first-order valence-electron chi connectivity index (χ1n) is 6.52. The average molecular weight is 324 g/mol. The summed E-state index contributed by atoms with van der Waals surface area (Å²) in [6, 6.07) is 5.62. The van der Waals surface area contributed by atoms with Crippen LogP contribution in [0.4, 0.5) is 4.39 Å². The lowest BCUT2D eigenvalue weighted by molar-refractivity contribution is 0.103. The summed E-state index contributed by atoms with van der Waals surface area (Å²) >= 11 is 3.40. The molecule has 2 aliphatic rings. The SMILES string of the molecule is O=C1/C(=C/C2(F)CCNCC2)Cc2cc(Br)ccc21.